The zero-order valence-corrected chi connectivity index (χ0v) is 13.2. The van der Waals surface area contributed by atoms with E-state index in [1.807, 2.05) is 43.3 Å². The Morgan fingerprint density at radius 1 is 1.14 bits per heavy atom. The molecule has 0 amide bonds. The van der Waals surface area contributed by atoms with Crippen molar-refractivity contribution in [1.29, 1.82) is 0 Å². The van der Waals surface area contributed by atoms with Crippen LogP contribution >= 0.6 is 23.4 Å². The van der Waals surface area contributed by atoms with Gasteiger partial charge in [-0.2, -0.15) is 0 Å². The first-order chi connectivity index (χ1) is 10.2. The number of ether oxygens (including phenoxy) is 1. The molecule has 0 unspecified atom stereocenters. The van der Waals surface area contributed by atoms with E-state index in [2.05, 4.69) is 0 Å². The summed E-state index contributed by atoms with van der Waals surface area (Å²) in [7, 11) is 0. The number of rotatable bonds is 5. The molecule has 0 heterocycles. The Hall–Kier alpha value is -1.71. The monoisotopic (exact) mass is 318 g/mol. The molecule has 2 aromatic carbocycles. The number of carbonyl (C=O) groups excluding carboxylic acids is 1. The molecule has 0 aliphatic heterocycles. The van der Waals surface area contributed by atoms with Crippen LogP contribution in [0.4, 0.5) is 0 Å². The lowest BCUT2D eigenvalue weighted by Gasteiger charge is -2.02. The third kappa shape index (κ3) is 5.29. The number of hydrogen-bond donors (Lipinski definition) is 0. The molecule has 0 aliphatic rings. The Bertz CT molecular complexity index is 618. The van der Waals surface area contributed by atoms with E-state index in [-0.39, 0.29) is 5.12 Å². The van der Waals surface area contributed by atoms with Gasteiger partial charge in [-0.3, -0.25) is 4.79 Å². The van der Waals surface area contributed by atoms with E-state index in [1.165, 1.54) is 11.8 Å². The SMILES string of the molecule is CCOc1ccc(/C=C/C(=O)Sc2ccc(Cl)cc2)cc1. The highest BCUT2D eigenvalue weighted by molar-refractivity contribution is 8.14. The van der Waals surface area contributed by atoms with Gasteiger partial charge in [0.15, 0.2) is 0 Å². The minimum absolute atomic E-state index is 0.0220. The van der Waals surface area contributed by atoms with Crippen LogP contribution in [-0.4, -0.2) is 11.7 Å². The van der Waals surface area contributed by atoms with E-state index in [1.54, 1.807) is 24.3 Å². The van der Waals surface area contributed by atoms with Crippen molar-refractivity contribution < 1.29 is 9.53 Å². The molecular formula is C17H15ClO2S. The minimum atomic E-state index is -0.0220. The van der Waals surface area contributed by atoms with Crippen LogP contribution in [0.3, 0.4) is 0 Å². The van der Waals surface area contributed by atoms with Crippen LogP contribution in [0.25, 0.3) is 6.08 Å². The van der Waals surface area contributed by atoms with Gasteiger partial charge in [-0.15, -0.1) is 0 Å². The minimum Gasteiger partial charge on any atom is -0.494 e. The summed E-state index contributed by atoms with van der Waals surface area (Å²) in [4.78, 5) is 12.7. The highest BCUT2D eigenvalue weighted by Crippen LogP contribution is 2.22. The molecule has 0 bridgehead atoms. The molecule has 2 nitrogen and oxygen atoms in total. The van der Waals surface area contributed by atoms with Crippen molar-refractivity contribution in [3.8, 4) is 5.75 Å². The average Bonchev–Trinajstić information content (AvgIpc) is 2.49. The molecule has 0 aliphatic carbocycles. The molecule has 0 saturated carbocycles. The zero-order valence-electron chi connectivity index (χ0n) is 11.6. The maximum Gasteiger partial charge on any atom is 0.216 e. The van der Waals surface area contributed by atoms with E-state index < -0.39 is 0 Å². The number of benzene rings is 2. The van der Waals surface area contributed by atoms with Crippen molar-refractivity contribution in [3.05, 3.63) is 65.2 Å². The molecular weight excluding hydrogens is 304 g/mol. The largest absolute Gasteiger partial charge is 0.494 e. The van der Waals surface area contributed by atoms with Gasteiger partial charge >= 0.3 is 0 Å². The smallest absolute Gasteiger partial charge is 0.216 e. The van der Waals surface area contributed by atoms with Gasteiger partial charge in [0, 0.05) is 9.92 Å². The van der Waals surface area contributed by atoms with Crippen molar-refractivity contribution in [1.82, 2.24) is 0 Å². The van der Waals surface area contributed by atoms with Gasteiger partial charge < -0.3 is 4.74 Å². The van der Waals surface area contributed by atoms with Crippen molar-refractivity contribution in [3.63, 3.8) is 0 Å². The Labute approximate surface area is 133 Å². The predicted molar refractivity (Wildman–Crippen MR) is 89.0 cm³/mol. The summed E-state index contributed by atoms with van der Waals surface area (Å²) in [6.45, 7) is 2.59. The van der Waals surface area contributed by atoms with E-state index in [0.717, 1.165) is 16.2 Å². The third-order valence-electron chi connectivity index (χ3n) is 2.64. The topological polar surface area (TPSA) is 26.3 Å². The summed E-state index contributed by atoms with van der Waals surface area (Å²) >= 11 is 6.98. The Kier molecular flexibility index (Phi) is 5.90. The lowest BCUT2D eigenvalue weighted by molar-refractivity contribution is -0.107. The van der Waals surface area contributed by atoms with E-state index in [0.29, 0.717) is 11.6 Å². The van der Waals surface area contributed by atoms with Gasteiger partial charge in [-0.05, 0) is 66.7 Å². The van der Waals surface area contributed by atoms with Crippen molar-refractivity contribution in [2.24, 2.45) is 0 Å². The first kappa shape index (κ1) is 15.7. The summed E-state index contributed by atoms with van der Waals surface area (Å²) in [5, 5.41) is 0.642. The molecule has 0 atom stereocenters. The lowest BCUT2D eigenvalue weighted by Crippen LogP contribution is -1.90. The second-order valence-corrected chi connectivity index (χ2v) is 5.72. The van der Waals surface area contributed by atoms with E-state index in [4.69, 9.17) is 16.3 Å². The fourth-order valence-electron chi connectivity index (χ4n) is 1.66. The highest BCUT2D eigenvalue weighted by Gasteiger charge is 2.01. The summed E-state index contributed by atoms with van der Waals surface area (Å²) < 4.78 is 5.37. The summed E-state index contributed by atoms with van der Waals surface area (Å²) in [5.74, 6) is 0.830. The van der Waals surface area contributed by atoms with Gasteiger partial charge in [-0.1, -0.05) is 29.8 Å². The third-order valence-corrected chi connectivity index (χ3v) is 3.73. The molecule has 21 heavy (non-hydrogen) atoms. The maximum atomic E-state index is 11.9. The predicted octanol–water partition coefficient (Wildman–Crippen LogP) is 5.07. The van der Waals surface area contributed by atoms with Gasteiger partial charge in [0.05, 0.1) is 6.61 Å². The molecule has 108 valence electrons. The standard InChI is InChI=1S/C17H15ClO2S/c1-2-20-15-8-3-13(4-9-15)5-12-17(19)21-16-10-6-14(18)7-11-16/h3-12H,2H2,1H3/b12-5+. The summed E-state index contributed by atoms with van der Waals surface area (Å²) in [5.41, 5.74) is 0.962. The van der Waals surface area contributed by atoms with Crippen LogP contribution in [-0.2, 0) is 4.79 Å². The molecule has 0 saturated heterocycles. The van der Waals surface area contributed by atoms with Crippen LogP contribution in [0.15, 0.2) is 59.5 Å². The second-order valence-electron chi connectivity index (χ2n) is 4.21. The molecule has 0 fully saturated rings. The van der Waals surface area contributed by atoms with Gasteiger partial charge in [0.25, 0.3) is 0 Å². The van der Waals surface area contributed by atoms with E-state index >= 15 is 0 Å². The first-order valence-electron chi connectivity index (χ1n) is 6.55. The lowest BCUT2D eigenvalue weighted by atomic mass is 10.2. The Morgan fingerprint density at radius 3 is 2.43 bits per heavy atom. The molecule has 2 aromatic rings. The number of thioether (sulfide) groups is 1. The van der Waals surface area contributed by atoms with Crippen molar-refractivity contribution in [2.45, 2.75) is 11.8 Å². The van der Waals surface area contributed by atoms with Gasteiger partial charge in [-0.25, -0.2) is 0 Å². The molecule has 0 spiro atoms. The van der Waals surface area contributed by atoms with Crippen LogP contribution in [0, 0.1) is 0 Å². The van der Waals surface area contributed by atoms with Crippen LogP contribution in [0.2, 0.25) is 5.02 Å². The summed E-state index contributed by atoms with van der Waals surface area (Å²) in [6.07, 6.45) is 3.36. The summed E-state index contributed by atoms with van der Waals surface area (Å²) in [6, 6.07) is 14.8. The number of hydrogen-bond acceptors (Lipinski definition) is 3. The molecule has 2 rings (SSSR count). The van der Waals surface area contributed by atoms with Crippen LogP contribution in [0.1, 0.15) is 12.5 Å². The zero-order chi connectivity index (χ0) is 15.1. The molecule has 0 aromatic heterocycles. The number of halogens is 1. The fourth-order valence-corrected chi connectivity index (χ4v) is 2.43. The van der Waals surface area contributed by atoms with Gasteiger partial charge in [0.1, 0.15) is 5.75 Å². The average molecular weight is 319 g/mol. The molecule has 0 N–H and O–H groups in total. The van der Waals surface area contributed by atoms with Crippen molar-refractivity contribution >= 4 is 34.6 Å². The quantitative estimate of drug-likeness (QED) is 0.568. The number of carbonyl (C=O) groups is 1. The first-order valence-corrected chi connectivity index (χ1v) is 7.75. The normalized spacial score (nSPS) is 10.8. The molecule has 0 radical (unpaired) electrons. The second kappa shape index (κ2) is 7.91. The Balaban J connectivity index is 1.93. The highest BCUT2D eigenvalue weighted by atomic mass is 35.5. The van der Waals surface area contributed by atoms with Crippen molar-refractivity contribution in [2.75, 3.05) is 6.61 Å². The van der Waals surface area contributed by atoms with Gasteiger partial charge in [0.2, 0.25) is 5.12 Å². The van der Waals surface area contributed by atoms with Crippen LogP contribution < -0.4 is 4.74 Å². The fraction of sp³-hybridized carbons (Fsp3) is 0.118. The van der Waals surface area contributed by atoms with Crippen LogP contribution in [0.5, 0.6) is 5.75 Å². The maximum absolute atomic E-state index is 11.9. The van der Waals surface area contributed by atoms with E-state index in [9.17, 15) is 4.79 Å². The molecule has 4 heteroatoms. The Morgan fingerprint density at radius 2 is 1.81 bits per heavy atom.